The molecule has 0 heterocycles. The first-order chi connectivity index (χ1) is 7.96. The van der Waals surface area contributed by atoms with Crippen LogP contribution in [0, 0.1) is 11.3 Å². The molecule has 0 aliphatic heterocycles. The molecule has 3 heteroatoms. The Bertz CT molecular complexity index is 432. The molecule has 0 atom stereocenters. The second kappa shape index (κ2) is 5.09. The van der Waals surface area contributed by atoms with Crippen molar-refractivity contribution in [2.75, 3.05) is 19.1 Å². The van der Waals surface area contributed by atoms with Gasteiger partial charge in [-0.2, -0.15) is 5.26 Å². The van der Waals surface area contributed by atoms with Crippen molar-refractivity contribution in [3.8, 4) is 11.8 Å². The minimum absolute atomic E-state index is 0.0119. The van der Waals surface area contributed by atoms with Gasteiger partial charge >= 0.3 is 0 Å². The van der Waals surface area contributed by atoms with E-state index in [0.29, 0.717) is 5.56 Å². The molecule has 0 aliphatic rings. The largest absolute Gasteiger partial charge is 0.497 e. The first-order valence-corrected chi connectivity index (χ1v) is 5.78. The third kappa shape index (κ3) is 2.71. The molecule has 0 unspecified atom stereocenters. The maximum Gasteiger partial charge on any atom is 0.121 e. The number of nitrogens with zero attached hydrogens (tertiary/aromatic N) is 2. The standard InChI is InChI=1S/C14H20N2O/c1-6-14(2,3)16(4)13-9-12(17-5)8-7-11(13)10-15/h7-9H,6H2,1-5H3. The third-order valence-corrected chi connectivity index (χ3v) is 3.46. The van der Waals surface area contributed by atoms with Crippen molar-refractivity contribution in [3.05, 3.63) is 23.8 Å². The Balaban J connectivity index is 3.24. The Kier molecular flexibility index (Phi) is 4.01. The fourth-order valence-corrected chi connectivity index (χ4v) is 1.57. The van der Waals surface area contributed by atoms with Crippen LogP contribution in [-0.2, 0) is 0 Å². The van der Waals surface area contributed by atoms with E-state index in [4.69, 9.17) is 10.00 Å². The zero-order valence-electron chi connectivity index (χ0n) is 11.2. The molecule has 0 bridgehead atoms. The summed E-state index contributed by atoms with van der Waals surface area (Å²) >= 11 is 0. The van der Waals surface area contributed by atoms with Crippen LogP contribution in [0.15, 0.2) is 18.2 Å². The van der Waals surface area contributed by atoms with Crippen LogP contribution < -0.4 is 9.64 Å². The summed E-state index contributed by atoms with van der Waals surface area (Å²) in [5.74, 6) is 0.776. The average Bonchev–Trinajstić information content (AvgIpc) is 2.36. The van der Waals surface area contributed by atoms with Gasteiger partial charge in [0.05, 0.1) is 18.4 Å². The number of rotatable bonds is 4. The second-order valence-electron chi connectivity index (χ2n) is 4.72. The summed E-state index contributed by atoms with van der Waals surface area (Å²) in [5, 5.41) is 9.15. The lowest BCUT2D eigenvalue weighted by Crippen LogP contribution is -2.40. The minimum atomic E-state index is 0.0119. The Morgan fingerprint density at radius 1 is 1.41 bits per heavy atom. The van der Waals surface area contributed by atoms with Crippen molar-refractivity contribution >= 4 is 5.69 Å². The Morgan fingerprint density at radius 3 is 2.53 bits per heavy atom. The number of hydrogen-bond acceptors (Lipinski definition) is 3. The molecule has 0 fully saturated rings. The zero-order valence-corrected chi connectivity index (χ0v) is 11.2. The molecule has 1 aromatic rings. The van der Waals surface area contributed by atoms with Gasteiger partial charge in [0.1, 0.15) is 11.8 Å². The van der Waals surface area contributed by atoms with Gasteiger partial charge in [0, 0.05) is 18.7 Å². The first-order valence-electron chi connectivity index (χ1n) is 5.78. The quantitative estimate of drug-likeness (QED) is 0.800. The fraction of sp³-hybridized carbons (Fsp3) is 0.500. The van der Waals surface area contributed by atoms with E-state index < -0.39 is 0 Å². The molecular weight excluding hydrogens is 212 g/mol. The van der Waals surface area contributed by atoms with E-state index in [9.17, 15) is 0 Å². The van der Waals surface area contributed by atoms with Crippen LogP contribution in [0.5, 0.6) is 5.75 Å². The molecule has 0 radical (unpaired) electrons. The van der Waals surface area contributed by atoms with Gasteiger partial charge in [0.25, 0.3) is 0 Å². The van der Waals surface area contributed by atoms with Crippen LogP contribution in [0.4, 0.5) is 5.69 Å². The molecule has 0 spiro atoms. The zero-order chi connectivity index (χ0) is 13.1. The highest BCUT2D eigenvalue weighted by Crippen LogP contribution is 2.30. The smallest absolute Gasteiger partial charge is 0.121 e. The third-order valence-electron chi connectivity index (χ3n) is 3.46. The number of methoxy groups -OCH3 is 1. The molecule has 0 amide bonds. The minimum Gasteiger partial charge on any atom is -0.497 e. The van der Waals surface area contributed by atoms with Gasteiger partial charge < -0.3 is 9.64 Å². The van der Waals surface area contributed by atoms with Gasteiger partial charge in [-0.1, -0.05) is 6.92 Å². The normalized spacial score (nSPS) is 10.8. The summed E-state index contributed by atoms with van der Waals surface area (Å²) in [6, 6.07) is 7.76. The van der Waals surface area contributed by atoms with Crippen LogP contribution in [0.1, 0.15) is 32.8 Å². The van der Waals surface area contributed by atoms with Gasteiger partial charge in [0.2, 0.25) is 0 Å². The summed E-state index contributed by atoms with van der Waals surface area (Å²) in [6.07, 6.45) is 1.01. The fourth-order valence-electron chi connectivity index (χ4n) is 1.57. The van der Waals surface area contributed by atoms with E-state index >= 15 is 0 Å². The van der Waals surface area contributed by atoms with Crippen molar-refractivity contribution in [1.29, 1.82) is 5.26 Å². The van der Waals surface area contributed by atoms with Gasteiger partial charge in [-0.25, -0.2) is 0 Å². The summed E-state index contributed by atoms with van der Waals surface area (Å²) in [7, 11) is 3.65. The number of hydrogen-bond donors (Lipinski definition) is 0. The van der Waals surface area contributed by atoms with Crippen LogP contribution in [0.2, 0.25) is 0 Å². The van der Waals surface area contributed by atoms with Gasteiger partial charge in [-0.15, -0.1) is 0 Å². The molecule has 1 rings (SSSR count). The predicted molar refractivity (Wildman–Crippen MR) is 70.5 cm³/mol. The highest BCUT2D eigenvalue weighted by molar-refractivity contribution is 5.63. The summed E-state index contributed by atoms with van der Waals surface area (Å²) in [6.45, 7) is 6.46. The maximum absolute atomic E-state index is 9.15. The monoisotopic (exact) mass is 232 g/mol. The highest BCUT2D eigenvalue weighted by atomic mass is 16.5. The predicted octanol–water partition coefficient (Wildman–Crippen LogP) is 3.19. The number of anilines is 1. The Hall–Kier alpha value is -1.69. The second-order valence-corrected chi connectivity index (χ2v) is 4.72. The summed E-state index contributed by atoms with van der Waals surface area (Å²) < 4.78 is 5.21. The van der Waals surface area contributed by atoms with E-state index in [1.807, 2.05) is 19.2 Å². The number of ether oxygens (including phenoxy) is 1. The Morgan fingerprint density at radius 2 is 2.06 bits per heavy atom. The first kappa shape index (κ1) is 13.4. The Labute approximate surface area is 104 Å². The topological polar surface area (TPSA) is 36.3 Å². The van der Waals surface area contributed by atoms with Crippen molar-refractivity contribution in [1.82, 2.24) is 0 Å². The van der Waals surface area contributed by atoms with Crippen molar-refractivity contribution in [2.45, 2.75) is 32.7 Å². The summed E-state index contributed by atoms with van der Waals surface area (Å²) in [4.78, 5) is 2.13. The van der Waals surface area contributed by atoms with Crippen molar-refractivity contribution in [2.24, 2.45) is 0 Å². The maximum atomic E-state index is 9.15. The van der Waals surface area contributed by atoms with Crippen molar-refractivity contribution in [3.63, 3.8) is 0 Å². The SMILES string of the molecule is CCC(C)(C)N(C)c1cc(OC)ccc1C#N. The molecule has 0 saturated carbocycles. The van der Waals surface area contributed by atoms with Gasteiger partial charge in [-0.3, -0.25) is 0 Å². The van der Waals surface area contributed by atoms with Crippen LogP contribution >= 0.6 is 0 Å². The van der Waals surface area contributed by atoms with E-state index in [-0.39, 0.29) is 5.54 Å². The number of benzene rings is 1. The van der Waals surface area contributed by atoms with Crippen LogP contribution in [0.25, 0.3) is 0 Å². The molecular formula is C14H20N2O. The van der Waals surface area contributed by atoms with E-state index in [1.165, 1.54) is 0 Å². The molecule has 0 aromatic heterocycles. The molecule has 0 aliphatic carbocycles. The molecule has 0 N–H and O–H groups in total. The molecule has 17 heavy (non-hydrogen) atoms. The lowest BCUT2D eigenvalue weighted by molar-refractivity contribution is 0.413. The summed E-state index contributed by atoms with van der Waals surface area (Å²) in [5.41, 5.74) is 1.60. The average molecular weight is 232 g/mol. The molecule has 1 aromatic carbocycles. The molecule has 3 nitrogen and oxygen atoms in total. The van der Waals surface area contributed by atoms with E-state index in [0.717, 1.165) is 17.9 Å². The van der Waals surface area contributed by atoms with E-state index in [1.54, 1.807) is 13.2 Å². The highest BCUT2D eigenvalue weighted by Gasteiger charge is 2.23. The van der Waals surface area contributed by atoms with Crippen LogP contribution in [-0.4, -0.2) is 19.7 Å². The van der Waals surface area contributed by atoms with Gasteiger partial charge in [-0.05, 0) is 32.4 Å². The molecule has 92 valence electrons. The van der Waals surface area contributed by atoms with Crippen LogP contribution in [0.3, 0.4) is 0 Å². The lowest BCUT2D eigenvalue weighted by Gasteiger charge is -2.37. The molecule has 0 saturated heterocycles. The lowest BCUT2D eigenvalue weighted by atomic mass is 9.98. The van der Waals surface area contributed by atoms with E-state index in [2.05, 4.69) is 31.7 Å². The van der Waals surface area contributed by atoms with Gasteiger partial charge in [0.15, 0.2) is 0 Å². The van der Waals surface area contributed by atoms with Crippen molar-refractivity contribution < 1.29 is 4.74 Å². The number of nitriles is 1.